The van der Waals surface area contributed by atoms with Gasteiger partial charge in [-0.15, -0.1) is 0 Å². The van der Waals surface area contributed by atoms with E-state index in [1.54, 1.807) is 12.1 Å². The molecule has 2 rings (SSSR count). The third kappa shape index (κ3) is 6.33. The molecule has 2 aromatic rings. The number of nitrogens with one attached hydrogen (secondary N) is 1. The molecule has 9 nitrogen and oxygen atoms in total. The number of methoxy groups -OCH3 is 1. The van der Waals surface area contributed by atoms with Crippen molar-refractivity contribution in [1.82, 2.24) is 5.32 Å². The Morgan fingerprint density at radius 3 is 2.45 bits per heavy atom. The van der Waals surface area contributed by atoms with Crippen LogP contribution in [-0.4, -0.2) is 45.7 Å². The zero-order valence-electron chi connectivity index (χ0n) is 15.8. The number of carbonyl (C=O) groups is 1. The van der Waals surface area contributed by atoms with Gasteiger partial charge in [-0.05, 0) is 30.2 Å². The van der Waals surface area contributed by atoms with E-state index in [9.17, 15) is 23.3 Å². The second-order valence-corrected chi connectivity index (χ2v) is 8.45. The fourth-order valence-electron chi connectivity index (χ4n) is 2.55. The van der Waals surface area contributed by atoms with Crippen molar-refractivity contribution in [3.8, 4) is 5.75 Å². The normalized spacial score (nSPS) is 11.0. The molecule has 0 aliphatic carbocycles. The number of ether oxygens (including phenoxy) is 1. The molecule has 0 radical (unpaired) electrons. The fraction of sp³-hybridized carbons (Fsp3) is 0.278. The van der Waals surface area contributed by atoms with E-state index >= 15 is 0 Å². The quantitative estimate of drug-likeness (QED) is 0.471. The maximum atomic E-state index is 12.3. The summed E-state index contributed by atoms with van der Waals surface area (Å²) in [5.74, 6) is -0.465. The molecule has 0 atom stereocenters. The highest BCUT2D eigenvalue weighted by Crippen LogP contribution is 2.33. The average Bonchev–Trinajstić information content (AvgIpc) is 2.66. The van der Waals surface area contributed by atoms with Gasteiger partial charge in [0.05, 0.1) is 18.3 Å². The van der Waals surface area contributed by atoms with Crippen molar-refractivity contribution >= 4 is 38.9 Å². The minimum atomic E-state index is -3.91. The van der Waals surface area contributed by atoms with E-state index in [4.69, 9.17) is 16.3 Å². The second kappa shape index (κ2) is 9.57. The van der Waals surface area contributed by atoms with Gasteiger partial charge in [0.25, 0.3) is 5.69 Å². The Morgan fingerprint density at radius 2 is 1.90 bits per heavy atom. The summed E-state index contributed by atoms with van der Waals surface area (Å²) in [6.07, 6.45) is 1.44. The lowest BCUT2D eigenvalue weighted by atomic mass is 10.1. The van der Waals surface area contributed by atoms with Gasteiger partial charge in [-0.3, -0.25) is 19.2 Å². The van der Waals surface area contributed by atoms with Gasteiger partial charge in [0, 0.05) is 23.7 Å². The molecule has 1 amide bonds. The molecule has 0 saturated heterocycles. The zero-order chi connectivity index (χ0) is 21.6. The van der Waals surface area contributed by atoms with Crippen molar-refractivity contribution in [2.24, 2.45) is 0 Å². The molecular weight excluding hydrogens is 422 g/mol. The molecule has 0 unspecified atom stereocenters. The van der Waals surface area contributed by atoms with Crippen LogP contribution in [0.25, 0.3) is 0 Å². The number of nitro benzene ring substituents is 1. The smallest absolute Gasteiger partial charge is 0.271 e. The summed E-state index contributed by atoms with van der Waals surface area (Å²) in [5, 5.41) is 14.3. The van der Waals surface area contributed by atoms with Crippen LogP contribution < -0.4 is 14.4 Å². The summed E-state index contributed by atoms with van der Waals surface area (Å²) in [4.78, 5) is 22.7. The summed E-state index contributed by atoms with van der Waals surface area (Å²) in [7, 11) is -2.61. The SMILES string of the molecule is COc1ccc([N+](=O)[O-])cc1N(CC(=O)NCCc1ccc(Cl)cc1)S(C)(=O)=O. The first-order valence-corrected chi connectivity index (χ1v) is 10.7. The first kappa shape index (κ1) is 22.4. The molecule has 1 N–H and O–H groups in total. The molecule has 0 spiro atoms. The van der Waals surface area contributed by atoms with Crippen LogP contribution in [0.5, 0.6) is 5.75 Å². The Morgan fingerprint density at radius 1 is 1.24 bits per heavy atom. The molecule has 156 valence electrons. The van der Waals surface area contributed by atoms with Crippen LogP contribution in [0.15, 0.2) is 42.5 Å². The second-order valence-electron chi connectivity index (χ2n) is 6.11. The van der Waals surface area contributed by atoms with Gasteiger partial charge < -0.3 is 10.1 Å². The molecule has 0 aliphatic rings. The lowest BCUT2D eigenvalue weighted by Crippen LogP contribution is -2.41. The standard InChI is InChI=1S/C18H20ClN3O6S/c1-28-17-8-7-15(22(24)25)11-16(17)21(29(2,26)27)12-18(23)20-10-9-13-3-5-14(19)6-4-13/h3-8,11H,9-10,12H2,1-2H3,(H,20,23). The van der Waals surface area contributed by atoms with Gasteiger partial charge in [-0.2, -0.15) is 0 Å². The molecular formula is C18H20ClN3O6S. The number of hydrogen-bond acceptors (Lipinski definition) is 6. The van der Waals surface area contributed by atoms with Crippen LogP contribution in [0, 0.1) is 10.1 Å². The van der Waals surface area contributed by atoms with Gasteiger partial charge in [0.15, 0.2) is 0 Å². The predicted octanol–water partition coefficient (Wildman–Crippen LogP) is 2.38. The molecule has 2 aromatic carbocycles. The monoisotopic (exact) mass is 441 g/mol. The van der Waals surface area contributed by atoms with E-state index in [1.165, 1.54) is 19.2 Å². The highest BCUT2D eigenvalue weighted by atomic mass is 35.5. The van der Waals surface area contributed by atoms with Gasteiger partial charge in [0.1, 0.15) is 18.0 Å². The maximum Gasteiger partial charge on any atom is 0.271 e. The fourth-order valence-corrected chi connectivity index (χ4v) is 3.53. The number of non-ortho nitro benzene ring substituents is 1. The zero-order valence-corrected chi connectivity index (χ0v) is 17.4. The Bertz CT molecular complexity index is 995. The van der Waals surface area contributed by atoms with Gasteiger partial charge >= 0.3 is 0 Å². The number of halogens is 1. The molecule has 0 fully saturated rings. The molecule has 0 heterocycles. The highest BCUT2D eigenvalue weighted by molar-refractivity contribution is 7.92. The minimum Gasteiger partial charge on any atom is -0.495 e. The molecule has 29 heavy (non-hydrogen) atoms. The average molecular weight is 442 g/mol. The van der Waals surface area contributed by atoms with E-state index in [0.29, 0.717) is 11.4 Å². The molecule has 0 saturated carbocycles. The Hall–Kier alpha value is -2.85. The van der Waals surface area contributed by atoms with E-state index in [1.807, 2.05) is 12.1 Å². The van der Waals surface area contributed by atoms with Crippen LogP contribution in [-0.2, 0) is 21.2 Å². The van der Waals surface area contributed by atoms with Crippen molar-refractivity contribution in [2.75, 3.05) is 30.8 Å². The molecule has 0 bridgehead atoms. The minimum absolute atomic E-state index is 0.0861. The van der Waals surface area contributed by atoms with E-state index in [0.717, 1.165) is 22.2 Å². The molecule has 11 heteroatoms. The van der Waals surface area contributed by atoms with Crippen LogP contribution in [0.2, 0.25) is 5.02 Å². The van der Waals surface area contributed by atoms with E-state index in [-0.39, 0.29) is 23.7 Å². The van der Waals surface area contributed by atoms with E-state index in [2.05, 4.69) is 5.32 Å². The Balaban J connectivity index is 2.15. The molecule has 0 aliphatic heterocycles. The number of sulfonamides is 1. The van der Waals surface area contributed by atoms with Gasteiger partial charge in [0.2, 0.25) is 15.9 Å². The number of anilines is 1. The lowest BCUT2D eigenvalue weighted by Gasteiger charge is -2.23. The number of rotatable bonds is 9. The summed E-state index contributed by atoms with van der Waals surface area (Å²) >= 11 is 5.83. The van der Waals surface area contributed by atoms with Crippen LogP contribution in [0.4, 0.5) is 11.4 Å². The Labute approximate surface area is 173 Å². The lowest BCUT2D eigenvalue weighted by molar-refractivity contribution is -0.384. The van der Waals surface area contributed by atoms with Gasteiger partial charge in [-0.1, -0.05) is 23.7 Å². The highest BCUT2D eigenvalue weighted by Gasteiger charge is 2.26. The summed E-state index contributed by atoms with van der Waals surface area (Å²) in [6, 6.07) is 10.6. The maximum absolute atomic E-state index is 12.3. The van der Waals surface area contributed by atoms with Crippen LogP contribution in [0.1, 0.15) is 5.56 Å². The molecule has 0 aromatic heterocycles. The third-order valence-electron chi connectivity index (χ3n) is 3.98. The first-order chi connectivity index (χ1) is 13.6. The predicted molar refractivity (Wildman–Crippen MR) is 110 cm³/mol. The van der Waals surface area contributed by atoms with Crippen LogP contribution in [0.3, 0.4) is 0 Å². The van der Waals surface area contributed by atoms with Crippen molar-refractivity contribution < 1.29 is 22.9 Å². The number of amides is 1. The number of nitro groups is 1. The number of benzene rings is 2. The van der Waals surface area contributed by atoms with Crippen molar-refractivity contribution in [3.63, 3.8) is 0 Å². The first-order valence-electron chi connectivity index (χ1n) is 8.43. The number of carbonyl (C=O) groups excluding carboxylic acids is 1. The topological polar surface area (TPSA) is 119 Å². The van der Waals surface area contributed by atoms with Crippen molar-refractivity contribution in [3.05, 3.63) is 63.2 Å². The summed E-state index contributed by atoms with van der Waals surface area (Å²) in [5.41, 5.74) is 0.546. The van der Waals surface area contributed by atoms with Crippen LogP contribution >= 0.6 is 11.6 Å². The van der Waals surface area contributed by atoms with E-state index < -0.39 is 27.4 Å². The van der Waals surface area contributed by atoms with Gasteiger partial charge in [-0.25, -0.2) is 8.42 Å². The van der Waals surface area contributed by atoms with Crippen molar-refractivity contribution in [1.29, 1.82) is 0 Å². The Kier molecular flexibility index (Phi) is 7.40. The third-order valence-corrected chi connectivity index (χ3v) is 5.36. The van der Waals surface area contributed by atoms with Crippen molar-refractivity contribution in [2.45, 2.75) is 6.42 Å². The number of hydrogen-bond donors (Lipinski definition) is 1. The summed E-state index contributed by atoms with van der Waals surface area (Å²) < 4.78 is 30.4. The largest absolute Gasteiger partial charge is 0.495 e. The summed E-state index contributed by atoms with van der Waals surface area (Å²) in [6.45, 7) is -0.263. The number of nitrogens with zero attached hydrogens (tertiary/aromatic N) is 2.